The van der Waals surface area contributed by atoms with Gasteiger partial charge in [-0.2, -0.15) is 0 Å². The number of ether oxygens (including phenoxy) is 1. The van der Waals surface area contributed by atoms with Crippen molar-refractivity contribution in [3.05, 3.63) is 64.3 Å². The van der Waals surface area contributed by atoms with Gasteiger partial charge in [0.15, 0.2) is 5.78 Å². The predicted molar refractivity (Wildman–Crippen MR) is 102 cm³/mol. The second-order valence-corrected chi connectivity index (χ2v) is 6.99. The first-order chi connectivity index (χ1) is 12.5. The number of hydrogen-bond acceptors (Lipinski definition) is 4. The Morgan fingerprint density at radius 1 is 1.23 bits per heavy atom. The number of methoxy groups -OCH3 is 1. The van der Waals surface area contributed by atoms with Gasteiger partial charge >= 0.3 is 5.97 Å². The number of rotatable bonds is 6. The molecule has 0 amide bonds. The van der Waals surface area contributed by atoms with Crippen molar-refractivity contribution in [2.45, 2.75) is 12.8 Å². The lowest BCUT2D eigenvalue weighted by Gasteiger charge is -2.14. The Bertz CT molecular complexity index is 963. The van der Waals surface area contributed by atoms with Gasteiger partial charge in [-0.15, -0.1) is 0 Å². The van der Waals surface area contributed by atoms with Crippen molar-refractivity contribution in [2.75, 3.05) is 7.11 Å². The number of H-pyrrole nitrogens is 1. The average Bonchev–Trinajstić information content (AvgIpc) is 3.05. The fourth-order valence-electron chi connectivity index (χ4n) is 3.04. The summed E-state index contributed by atoms with van der Waals surface area (Å²) in [7, 11) is 1.31. The molecule has 0 unspecified atom stereocenters. The number of Topliss-reactive ketones (excluding diaryl/α,β-unsaturated/α-hetero) is 1. The number of para-hydroxylation sites is 1. The maximum absolute atomic E-state index is 12.6. The minimum absolute atomic E-state index is 0.0454. The van der Waals surface area contributed by atoms with Crippen LogP contribution in [0.1, 0.15) is 22.3 Å². The number of aromatic nitrogens is 1. The molecule has 0 aliphatic heterocycles. The second-order valence-electron chi connectivity index (χ2n) is 6.07. The Hall–Kier alpha value is -2.60. The molecule has 26 heavy (non-hydrogen) atoms. The molecule has 1 aromatic heterocycles. The Labute approximate surface area is 159 Å². The van der Waals surface area contributed by atoms with Crippen molar-refractivity contribution in [3.63, 3.8) is 0 Å². The maximum atomic E-state index is 12.6. The Kier molecular flexibility index (Phi) is 5.42. The van der Waals surface area contributed by atoms with Crippen LogP contribution in [-0.4, -0.2) is 29.0 Å². The summed E-state index contributed by atoms with van der Waals surface area (Å²) in [5, 5.41) is 11.0. The van der Waals surface area contributed by atoms with Gasteiger partial charge in [-0.3, -0.25) is 9.59 Å². The standard InChI is InChI=1S/C20H18BrNO4/c1-26-20(25)12(8-13-11-22-17-5-3-2-4-15(13)17)9-19(24)16-10-14(21)6-7-18(16)23/h2-7,10-12,22-23H,8-9H2,1H3/t12-/m1/s1. The highest BCUT2D eigenvalue weighted by atomic mass is 79.9. The van der Waals surface area contributed by atoms with E-state index in [0.717, 1.165) is 16.5 Å². The first-order valence-corrected chi connectivity index (χ1v) is 8.93. The summed E-state index contributed by atoms with van der Waals surface area (Å²) in [4.78, 5) is 28.0. The fraction of sp³-hybridized carbons (Fsp3) is 0.200. The third kappa shape index (κ3) is 3.80. The summed E-state index contributed by atoms with van der Waals surface area (Å²) in [6.45, 7) is 0. The molecule has 2 N–H and O–H groups in total. The number of aromatic amines is 1. The molecule has 1 heterocycles. The molecular weight excluding hydrogens is 398 g/mol. The zero-order chi connectivity index (χ0) is 18.7. The topological polar surface area (TPSA) is 79.4 Å². The lowest BCUT2D eigenvalue weighted by molar-refractivity contribution is -0.145. The molecular formula is C20H18BrNO4. The van der Waals surface area contributed by atoms with Crippen LogP contribution in [0, 0.1) is 5.92 Å². The van der Waals surface area contributed by atoms with Crippen molar-refractivity contribution in [1.82, 2.24) is 4.98 Å². The van der Waals surface area contributed by atoms with E-state index in [1.807, 2.05) is 30.5 Å². The van der Waals surface area contributed by atoms with Crippen molar-refractivity contribution < 1.29 is 19.4 Å². The molecule has 0 spiro atoms. The molecule has 0 saturated carbocycles. The molecule has 5 nitrogen and oxygen atoms in total. The number of fused-ring (bicyclic) bond motifs is 1. The van der Waals surface area contributed by atoms with E-state index in [-0.39, 0.29) is 23.5 Å². The molecule has 3 aromatic rings. The SMILES string of the molecule is COC(=O)[C@@H](CC(=O)c1cc(Br)ccc1O)Cc1c[nH]c2ccccc12. The van der Waals surface area contributed by atoms with Crippen molar-refractivity contribution >= 4 is 38.6 Å². The minimum Gasteiger partial charge on any atom is -0.507 e. The summed E-state index contributed by atoms with van der Waals surface area (Å²) >= 11 is 3.29. The molecule has 0 aliphatic carbocycles. The normalized spacial score (nSPS) is 12.1. The van der Waals surface area contributed by atoms with E-state index < -0.39 is 11.9 Å². The molecule has 0 saturated heterocycles. The van der Waals surface area contributed by atoms with Crippen molar-refractivity contribution in [1.29, 1.82) is 0 Å². The quantitative estimate of drug-likeness (QED) is 0.466. The van der Waals surface area contributed by atoms with Gasteiger partial charge in [-0.05, 0) is 36.2 Å². The highest BCUT2D eigenvalue weighted by Crippen LogP contribution is 2.27. The number of aromatic hydroxyl groups is 1. The largest absolute Gasteiger partial charge is 0.507 e. The first kappa shape index (κ1) is 18.2. The molecule has 0 fully saturated rings. The van der Waals surface area contributed by atoms with Gasteiger partial charge in [0.05, 0.1) is 18.6 Å². The highest BCUT2D eigenvalue weighted by molar-refractivity contribution is 9.10. The summed E-state index contributed by atoms with van der Waals surface area (Å²) in [5.41, 5.74) is 2.11. The third-order valence-electron chi connectivity index (χ3n) is 4.37. The number of hydrogen-bond donors (Lipinski definition) is 2. The van der Waals surface area contributed by atoms with Gasteiger partial charge in [0, 0.05) is 28.0 Å². The van der Waals surface area contributed by atoms with E-state index in [4.69, 9.17) is 4.74 Å². The fourth-order valence-corrected chi connectivity index (χ4v) is 3.40. The number of phenols is 1. The van der Waals surface area contributed by atoms with Gasteiger partial charge in [0.1, 0.15) is 5.75 Å². The Morgan fingerprint density at radius 2 is 2.00 bits per heavy atom. The van der Waals surface area contributed by atoms with Gasteiger partial charge in [0.2, 0.25) is 0 Å². The third-order valence-corrected chi connectivity index (χ3v) is 4.86. The van der Waals surface area contributed by atoms with E-state index in [1.54, 1.807) is 12.1 Å². The van der Waals surface area contributed by atoms with Crippen LogP contribution in [0.5, 0.6) is 5.75 Å². The Balaban J connectivity index is 1.85. The summed E-state index contributed by atoms with van der Waals surface area (Å²) in [6.07, 6.45) is 2.18. The van der Waals surface area contributed by atoms with Crippen LogP contribution in [0.25, 0.3) is 10.9 Å². The van der Waals surface area contributed by atoms with Crippen LogP contribution >= 0.6 is 15.9 Å². The van der Waals surface area contributed by atoms with Crippen LogP contribution in [0.2, 0.25) is 0 Å². The van der Waals surface area contributed by atoms with Crippen LogP contribution in [0.3, 0.4) is 0 Å². The lowest BCUT2D eigenvalue weighted by Crippen LogP contribution is -2.22. The second kappa shape index (κ2) is 7.74. The lowest BCUT2D eigenvalue weighted by atomic mass is 9.91. The molecule has 3 rings (SSSR count). The van der Waals surface area contributed by atoms with Crippen molar-refractivity contribution in [3.8, 4) is 5.75 Å². The molecule has 0 bridgehead atoms. The monoisotopic (exact) mass is 415 g/mol. The van der Waals surface area contributed by atoms with Gasteiger partial charge in [-0.1, -0.05) is 34.1 Å². The van der Waals surface area contributed by atoms with E-state index >= 15 is 0 Å². The average molecular weight is 416 g/mol. The predicted octanol–water partition coefficient (Wildman–Crippen LogP) is 4.24. The number of ketones is 1. The Morgan fingerprint density at radius 3 is 2.77 bits per heavy atom. The van der Waals surface area contributed by atoms with Gasteiger partial charge in [0.25, 0.3) is 0 Å². The van der Waals surface area contributed by atoms with Crippen LogP contribution < -0.4 is 0 Å². The van der Waals surface area contributed by atoms with Gasteiger partial charge in [-0.25, -0.2) is 0 Å². The number of halogens is 1. The molecule has 1 atom stereocenters. The minimum atomic E-state index is -0.634. The van der Waals surface area contributed by atoms with Crippen LogP contribution in [-0.2, 0) is 16.0 Å². The number of carbonyl (C=O) groups excluding carboxylic acids is 2. The van der Waals surface area contributed by atoms with Crippen molar-refractivity contribution in [2.24, 2.45) is 5.92 Å². The number of carbonyl (C=O) groups is 2. The molecule has 0 radical (unpaired) electrons. The number of phenolic OH excluding ortho intramolecular Hbond substituents is 1. The summed E-state index contributed by atoms with van der Waals surface area (Å²) in [6, 6.07) is 12.4. The van der Waals surface area contributed by atoms with Gasteiger partial charge < -0.3 is 14.8 Å². The number of esters is 1. The smallest absolute Gasteiger partial charge is 0.309 e. The van der Waals surface area contributed by atoms with E-state index in [0.29, 0.717) is 10.9 Å². The number of benzene rings is 2. The van der Waals surface area contributed by atoms with Crippen LogP contribution in [0.4, 0.5) is 0 Å². The molecule has 0 aliphatic rings. The molecule has 134 valence electrons. The number of nitrogens with one attached hydrogen (secondary N) is 1. The zero-order valence-corrected chi connectivity index (χ0v) is 15.7. The maximum Gasteiger partial charge on any atom is 0.309 e. The highest BCUT2D eigenvalue weighted by Gasteiger charge is 2.26. The molecule has 2 aromatic carbocycles. The molecule has 6 heteroatoms. The zero-order valence-electron chi connectivity index (χ0n) is 14.2. The van der Waals surface area contributed by atoms with E-state index in [9.17, 15) is 14.7 Å². The van der Waals surface area contributed by atoms with Crippen LogP contribution in [0.15, 0.2) is 53.1 Å². The van der Waals surface area contributed by atoms with E-state index in [1.165, 1.54) is 13.2 Å². The van der Waals surface area contributed by atoms with E-state index in [2.05, 4.69) is 20.9 Å². The first-order valence-electron chi connectivity index (χ1n) is 8.14. The summed E-state index contributed by atoms with van der Waals surface area (Å²) < 4.78 is 5.58. The summed E-state index contributed by atoms with van der Waals surface area (Å²) in [5.74, 6) is -1.49.